The third kappa shape index (κ3) is 9.68. The molecule has 13 heteroatoms. The zero-order valence-electron chi connectivity index (χ0n) is 16.6. The lowest BCUT2D eigenvalue weighted by atomic mass is 9.98. The number of piperidine rings is 1. The molecule has 0 unspecified atom stereocenters. The minimum absolute atomic E-state index is 0. The molecule has 8 nitrogen and oxygen atoms in total. The molecule has 2 N–H and O–H groups in total. The highest BCUT2D eigenvalue weighted by molar-refractivity contribution is 14.0. The van der Waals surface area contributed by atoms with Crippen LogP contribution in [-0.4, -0.2) is 70.0 Å². The minimum Gasteiger partial charge on any atom is -0.469 e. The summed E-state index contributed by atoms with van der Waals surface area (Å²) in [5.41, 5.74) is -5.26. The molecule has 0 aromatic rings. The van der Waals surface area contributed by atoms with E-state index in [-0.39, 0.29) is 49.0 Å². The Morgan fingerprint density at radius 3 is 2.34 bits per heavy atom. The molecular formula is C16H30F3IN4O4S. The van der Waals surface area contributed by atoms with Crippen LogP contribution >= 0.6 is 24.0 Å². The van der Waals surface area contributed by atoms with E-state index in [4.69, 9.17) is 0 Å². The van der Waals surface area contributed by atoms with E-state index in [1.165, 1.54) is 7.11 Å². The number of alkyl halides is 3. The highest BCUT2D eigenvalue weighted by atomic mass is 127. The van der Waals surface area contributed by atoms with Crippen molar-refractivity contribution in [2.24, 2.45) is 10.9 Å². The SMILES string of the molecule is CCNC(=NCC1CCN(S(=O)(=O)C(F)(F)F)CC1)NCCCCC(=O)OC.I. The van der Waals surface area contributed by atoms with Crippen molar-refractivity contribution in [3.63, 3.8) is 0 Å². The average Bonchev–Trinajstić information content (AvgIpc) is 2.64. The first kappa shape index (κ1) is 28.2. The monoisotopic (exact) mass is 558 g/mol. The van der Waals surface area contributed by atoms with Crippen molar-refractivity contribution in [2.75, 3.05) is 39.8 Å². The molecular weight excluding hydrogens is 528 g/mol. The summed E-state index contributed by atoms with van der Waals surface area (Å²) in [6.07, 6.45) is 2.46. The van der Waals surface area contributed by atoms with E-state index >= 15 is 0 Å². The van der Waals surface area contributed by atoms with Gasteiger partial charge in [-0.05, 0) is 38.5 Å². The van der Waals surface area contributed by atoms with Gasteiger partial charge in [0.1, 0.15) is 0 Å². The van der Waals surface area contributed by atoms with Gasteiger partial charge in [-0.15, -0.1) is 24.0 Å². The van der Waals surface area contributed by atoms with Crippen molar-refractivity contribution in [1.82, 2.24) is 14.9 Å². The predicted molar refractivity (Wildman–Crippen MR) is 115 cm³/mol. The third-order valence-corrected chi connectivity index (χ3v) is 6.02. The van der Waals surface area contributed by atoms with Gasteiger partial charge in [0, 0.05) is 39.1 Å². The summed E-state index contributed by atoms with van der Waals surface area (Å²) in [6.45, 7) is 3.27. The smallest absolute Gasteiger partial charge is 0.469 e. The summed E-state index contributed by atoms with van der Waals surface area (Å²) in [5.74, 6) is 0.361. The van der Waals surface area contributed by atoms with Gasteiger partial charge >= 0.3 is 21.5 Å². The molecule has 0 aromatic carbocycles. The summed E-state index contributed by atoms with van der Waals surface area (Å²) in [7, 11) is -3.90. The van der Waals surface area contributed by atoms with E-state index in [0.29, 0.717) is 55.6 Å². The Bertz CT molecular complexity index is 624. The Hall–Kier alpha value is -0.830. The van der Waals surface area contributed by atoms with Crippen molar-refractivity contribution in [2.45, 2.75) is 44.5 Å². The fourth-order valence-electron chi connectivity index (χ4n) is 2.74. The number of carbonyl (C=O) groups excluding carboxylic acids is 1. The number of sulfonamides is 1. The molecule has 0 aromatic heterocycles. The first-order chi connectivity index (χ1) is 13.1. The number of halogens is 4. The number of nitrogens with one attached hydrogen (secondary N) is 2. The van der Waals surface area contributed by atoms with Crippen molar-refractivity contribution < 1.29 is 31.1 Å². The normalized spacial score (nSPS) is 16.8. The lowest BCUT2D eigenvalue weighted by Crippen LogP contribution is -2.45. The van der Waals surface area contributed by atoms with Crippen LogP contribution in [0.2, 0.25) is 0 Å². The average molecular weight is 558 g/mol. The van der Waals surface area contributed by atoms with Gasteiger partial charge in [-0.1, -0.05) is 0 Å². The maximum absolute atomic E-state index is 12.6. The molecule has 1 heterocycles. The van der Waals surface area contributed by atoms with Crippen LogP contribution in [0.5, 0.6) is 0 Å². The van der Waals surface area contributed by atoms with Crippen LogP contribution in [0.4, 0.5) is 13.2 Å². The Morgan fingerprint density at radius 1 is 1.21 bits per heavy atom. The van der Waals surface area contributed by atoms with E-state index in [9.17, 15) is 26.4 Å². The minimum atomic E-state index is -5.26. The number of ether oxygens (including phenoxy) is 1. The molecule has 0 bridgehead atoms. The second kappa shape index (κ2) is 13.5. The second-order valence-corrected chi connectivity index (χ2v) is 8.40. The predicted octanol–water partition coefficient (Wildman–Crippen LogP) is 2.06. The first-order valence-electron chi connectivity index (χ1n) is 9.27. The Labute approximate surface area is 187 Å². The number of methoxy groups -OCH3 is 1. The van der Waals surface area contributed by atoms with Gasteiger partial charge < -0.3 is 15.4 Å². The first-order valence-corrected chi connectivity index (χ1v) is 10.7. The van der Waals surface area contributed by atoms with E-state index in [0.717, 1.165) is 6.42 Å². The summed E-state index contributed by atoms with van der Waals surface area (Å²) in [6, 6.07) is 0. The number of guanidine groups is 1. The number of rotatable bonds is 9. The molecule has 1 saturated heterocycles. The van der Waals surface area contributed by atoms with Crippen molar-refractivity contribution >= 4 is 45.9 Å². The number of esters is 1. The molecule has 1 aliphatic heterocycles. The summed E-state index contributed by atoms with van der Waals surface area (Å²) in [4.78, 5) is 15.5. The molecule has 0 spiro atoms. The number of hydrogen-bond donors (Lipinski definition) is 2. The molecule has 0 amide bonds. The molecule has 0 radical (unpaired) electrons. The van der Waals surface area contributed by atoms with Gasteiger partial charge in [0.15, 0.2) is 5.96 Å². The van der Waals surface area contributed by atoms with Gasteiger partial charge in [-0.2, -0.15) is 17.5 Å². The van der Waals surface area contributed by atoms with Gasteiger partial charge in [0.25, 0.3) is 0 Å². The molecule has 1 rings (SSSR count). The molecule has 0 aliphatic carbocycles. The number of nitrogens with zero attached hydrogens (tertiary/aromatic N) is 2. The van der Waals surface area contributed by atoms with Crippen LogP contribution in [0.15, 0.2) is 4.99 Å². The van der Waals surface area contributed by atoms with Gasteiger partial charge in [0.05, 0.1) is 7.11 Å². The maximum Gasteiger partial charge on any atom is 0.511 e. The van der Waals surface area contributed by atoms with Crippen LogP contribution in [-0.2, 0) is 19.6 Å². The van der Waals surface area contributed by atoms with Crippen molar-refractivity contribution in [3.8, 4) is 0 Å². The van der Waals surface area contributed by atoms with Gasteiger partial charge in [-0.3, -0.25) is 9.79 Å². The molecule has 29 heavy (non-hydrogen) atoms. The molecule has 0 saturated carbocycles. The summed E-state index contributed by atoms with van der Waals surface area (Å²) in [5, 5.41) is 6.21. The van der Waals surface area contributed by atoms with Crippen molar-refractivity contribution in [1.29, 1.82) is 0 Å². The maximum atomic E-state index is 12.6. The number of unbranched alkanes of at least 4 members (excludes halogenated alkanes) is 1. The Kier molecular flexibility index (Phi) is 13.1. The van der Waals surface area contributed by atoms with E-state index < -0.39 is 15.5 Å². The lowest BCUT2D eigenvalue weighted by molar-refractivity contribution is -0.140. The van der Waals surface area contributed by atoms with Crippen LogP contribution in [0, 0.1) is 5.92 Å². The zero-order valence-corrected chi connectivity index (χ0v) is 19.8. The number of carbonyl (C=O) groups is 1. The van der Waals surface area contributed by atoms with E-state index in [1.54, 1.807) is 0 Å². The fourth-order valence-corrected chi connectivity index (χ4v) is 3.73. The van der Waals surface area contributed by atoms with Crippen LogP contribution in [0.1, 0.15) is 39.0 Å². The summed E-state index contributed by atoms with van der Waals surface area (Å²) >= 11 is 0. The number of hydrogen-bond acceptors (Lipinski definition) is 5. The van der Waals surface area contributed by atoms with Gasteiger partial charge in [-0.25, -0.2) is 8.42 Å². The molecule has 1 fully saturated rings. The van der Waals surface area contributed by atoms with Gasteiger partial charge in [0.2, 0.25) is 0 Å². The van der Waals surface area contributed by atoms with Crippen LogP contribution in [0.25, 0.3) is 0 Å². The quantitative estimate of drug-likeness (QED) is 0.148. The summed E-state index contributed by atoms with van der Waals surface area (Å²) < 4.78 is 65.7. The second-order valence-electron chi connectivity index (χ2n) is 6.47. The van der Waals surface area contributed by atoms with Crippen molar-refractivity contribution in [3.05, 3.63) is 0 Å². The largest absolute Gasteiger partial charge is 0.511 e. The highest BCUT2D eigenvalue weighted by Gasteiger charge is 2.50. The zero-order chi connectivity index (χ0) is 21.2. The third-order valence-electron chi connectivity index (χ3n) is 4.39. The number of aliphatic imine (C=N–C) groups is 1. The van der Waals surface area contributed by atoms with Crippen LogP contribution < -0.4 is 10.6 Å². The fraction of sp³-hybridized carbons (Fsp3) is 0.875. The van der Waals surface area contributed by atoms with E-state index in [2.05, 4.69) is 20.4 Å². The standard InChI is InChI=1S/C16H29F3N4O4S.HI/c1-3-20-15(21-9-5-4-6-14(24)27-2)22-12-13-7-10-23(11-8-13)28(25,26)16(17,18)19;/h13H,3-12H2,1-2H3,(H2,20,21,22);1H. The molecule has 0 atom stereocenters. The van der Waals surface area contributed by atoms with Crippen LogP contribution in [0.3, 0.4) is 0 Å². The highest BCUT2D eigenvalue weighted by Crippen LogP contribution is 2.30. The molecule has 172 valence electrons. The topological polar surface area (TPSA) is 100 Å². The Balaban J connectivity index is 0.00000784. The Morgan fingerprint density at radius 2 is 1.83 bits per heavy atom. The lowest BCUT2D eigenvalue weighted by Gasteiger charge is -2.30. The van der Waals surface area contributed by atoms with E-state index in [1.807, 2.05) is 6.92 Å². The molecule has 1 aliphatic rings.